The molecule has 0 radical (unpaired) electrons. The van der Waals surface area contributed by atoms with E-state index >= 15 is 0 Å². The molecule has 0 aliphatic rings. The average Bonchev–Trinajstić information content (AvgIpc) is 2.76. The number of nitrogens with one attached hydrogen (secondary N) is 1. The summed E-state index contributed by atoms with van der Waals surface area (Å²) in [7, 11) is 1.64. The number of hydrogen-bond donors (Lipinski definition) is 2. The van der Waals surface area contributed by atoms with E-state index in [9.17, 15) is 9.59 Å². The van der Waals surface area contributed by atoms with Crippen LogP contribution in [0.25, 0.3) is 11.1 Å². The smallest absolute Gasteiger partial charge is 0.408 e. The van der Waals surface area contributed by atoms with Gasteiger partial charge in [0.05, 0.1) is 10.9 Å². The number of hydrogen-bond acceptors (Lipinski definition) is 4. The summed E-state index contributed by atoms with van der Waals surface area (Å²) in [6.07, 6.45) is 1.35. The number of anilines is 1. The van der Waals surface area contributed by atoms with Crippen molar-refractivity contribution in [1.82, 2.24) is 4.57 Å². The minimum absolute atomic E-state index is 0. The second-order valence-corrected chi connectivity index (χ2v) is 5.26. The average molecular weight is 328 g/mol. The van der Waals surface area contributed by atoms with E-state index in [1.54, 1.807) is 25.2 Å². The lowest BCUT2D eigenvalue weighted by Gasteiger charge is -2.28. The SMILES string of the molecule is CCC(CC)(CN)C(=O)Nc1ccc2c(c1)oc(=O)n2C.Cl. The van der Waals surface area contributed by atoms with Gasteiger partial charge in [0.1, 0.15) is 0 Å². The minimum Gasteiger partial charge on any atom is -0.408 e. The van der Waals surface area contributed by atoms with Gasteiger partial charge in [-0.15, -0.1) is 12.4 Å². The van der Waals surface area contributed by atoms with Crippen molar-refractivity contribution in [3.8, 4) is 0 Å². The molecule has 22 heavy (non-hydrogen) atoms. The van der Waals surface area contributed by atoms with Gasteiger partial charge in [-0.25, -0.2) is 4.79 Å². The highest BCUT2D eigenvalue weighted by atomic mass is 35.5. The standard InChI is InChI=1S/C15H21N3O3.ClH/c1-4-15(5-2,9-16)13(19)17-10-6-7-11-12(8-10)21-14(20)18(11)3;/h6-8H,4-5,9,16H2,1-3H3,(H,17,19);1H. The van der Waals surface area contributed by atoms with Gasteiger partial charge >= 0.3 is 5.76 Å². The molecular weight excluding hydrogens is 306 g/mol. The summed E-state index contributed by atoms with van der Waals surface area (Å²) in [5.74, 6) is -0.528. The van der Waals surface area contributed by atoms with E-state index in [0.29, 0.717) is 36.2 Å². The predicted octanol–water partition coefficient (Wildman–Crippen LogP) is 2.26. The molecule has 0 aliphatic carbocycles. The Balaban J connectivity index is 0.00000242. The number of oxazole rings is 1. The summed E-state index contributed by atoms with van der Waals surface area (Å²) < 4.78 is 6.54. The van der Waals surface area contributed by atoms with Crippen LogP contribution >= 0.6 is 12.4 Å². The quantitative estimate of drug-likeness (QED) is 0.881. The molecule has 0 bridgehead atoms. The van der Waals surface area contributed by atoms with Gasteiger partial charge in [0, 0.05) is 25.3 Å². The number of rotatable bonds is 5. The summed E-state index contributed by atoms with van der Waals surface area (Å²) in [4.78, 5) is 23.9. The first kappa shape index (κ1) is 18.3. The van der Waals surface area contributed by atoms with Crippen LogP contribution in [0, 0.1) is 5.41 Å². The number of amides is 1. The highest BCUT2D eigenvalue weighted by molar-refractivity contribution is 5.96. The van der Waals surface area contributed by atoms with E-state index in [1.165, 1.54) is 4.57 Å². The summed E-state index contributed by atoms with van der Waals surface area (Å²) >= 11 is 0. The van der Waals surface area contributed by atoms with Crippen molar-refractivity contribution in [1.29, 1.82) is 0 Å². The fourth-order valence-corrected chi connectivity index (χ4v) is 2.43. The lowest BCUT2D eigenvalue weighted by molar-refractivity contribution is -0.125. The molecule has 0 saturated carbocycles. The zero-order chi connectivity index (χ0) is 15.6. The molecule has 2 rings (SSSR count). The van der Waals surface area contributed by atoms with E-state index in [0.717, 1.165) is 0 Å². The first-order valence-electron chi connectivity index (χ1n) is 7.08. The van der Waals surface area contributed by atoms with E-state index in [4.69, 9.17) is 10.2 Å². The molecule has 122 valence electrons. The molecule has 0 saturated heterocycles. The number of carbonyl (C=O) groups excluding carboxylic acids is 1. The lowest BCUT2D eigenvalue weighted by atomic mass is 9.81. The van der Waals surface area contributed by atoms with Crippen molar-refractivity contribution >= 4 is 35.1 Å². The topological polar surface area (TPSA) is 90.3 Å². The van der Waals surface area contributed by atoms with Gasteiger partial charge < -0.3 is 15.5 Å². The molecule has 0 aliphatic heterocycles. The van der Waals surface area contributed by atoms with Crippen LogP contribution in [0.1, 0.15) is 26.7 Å². The normalized spacial score (nSPS) is 11.3. The Morgan fingerprint density at radius 1 is 1.36 bits per heavy atom. The molecule has 7 heteroatoms. The monoisotopic (exact) mass is 327 g/mol. The number of benzene rings is 1. The molecule has 6 nitrogen and oxygen atoms in total. The first-order valence-corrected chi connectivity index (χ1v) is 7.08. The Labute approximate surface area is 135 Å². The molecular formula is C15H22ClN3O3. The fourth-order valence-electron chi connectivity index (χ4n) is 2.43. The Morgan fingerprint density at radius 3 is 2.55 bits per heavy atom. The summed E-state index contributed by atoms with van der Waals surface area (Å²) in [6, 6.07) is 5.15. The molecule has 1 amide bonds. The molecule has 2 aromatic rings. The van der Waals surface area contributed by atoms with Crippen molar-refractivity contribution in [2.24, 2.45) is 18.2 Å². The molecule has 0 unspecified atom stereocenters. The third-order valence-corrected chi connectivity index (χ3v) is 4.28. The highest BCUT2D eigenvalue weighted by Gasteiger charge is 2.33. The van der Waals surface area contributed by atoms with Crippen LogP contribution in [0.3, 0.4) is 0 Å². The van der Waals surface area contributed by atoms with Gasteiger partial charge in [0.25, 0.3) is 0 Å². The Kier molecular flexibility index (Phi) is 5.79. The van der Waals surface area contributed by atoms with Crippen molar-refractivity contribution in [3.05, 3.63) is 28.7 Å². The van der Waals surface area contributed by atoms with Gasteiger partial charge in [-0.2, -0.15) is 0 Å². The number of aromatic nitrogens is 1. The van der Waals surface area contributed by atoms with Crippen molar-refractivity contribution in [2.45, 2.75) is 26.7 Å². The summed E-state index contributed by atoms with van der Waals surface area (Å²) in [6.45, 7) is 4.21. The summed E-state index contributed by atoms with van der Waals surface area (Å²) in [5, 5.41) is 2.87. The Hall–Kier alpha value is -1.79. The number of nitrogens with two attached hydrogens (primary N) is 1. The third-order valence-electron chi connectivity index (χ3n) is 4.28. The highest BCUT2D eigenvalue weighted by Crippen LogP contribution is 2.27. The van der Waals surface area contributed by atoms with E-state index < -0.39 is 11.2 Å². The zero-order valence-electron chi connectivity index (χ0n) is 13.0. The van der Waals surface area contributed by atoms with Gasteiger partial charge in [0.15, 0.2) is 5.58 Å². The van der Waals surface area contributed by atoms with Crippen molar-refractivity contribution in [3.63, 3.8) is 0 Å². The van der Waals surface area contributed by atoms with Gasteiger partial charge in [0.2, 0.25) is 5.91 Å². The van der Waals surface area contributed by atoms with Crippen LogP contribution < -0.4 is 16.8 Å². The second kappa shape index (κ2) is 6.98. The lowest BCUT2D eigenvalue weighted by Crippen LogP contribution is -2.41. The largest absolute Gasteiger partial charge is 0.419 e. The molecule has 0 spiro atoms. The van der Waals surface area contributed by atoms with Crippen molar-refractivity contribution in [2.75, 3.05) is 11.9 Å². The van der Waals surface area contributed by atoms with Crippen LogP contribution in [0.15, 0.2) is 27.4 Å². The van der Waals surface area contributed by atoms with E-state index in [1.807, 2.05) is 13.8 Å². The fraction of sp³-hybridized carbons (Fsp3) is 0.467. The molecule has 1 heterocycles. The van der Waals surface area contributed by atoms with Crippen LogP contribution in [0.5, 0.6) is 0 Å². The van der Waals surface area contributed by atoms with E-state index in [-0.39, 0.29) is 18.3 Å². The van der Waals surface area contributed by atoms with Crippen LogP contribution in [-0.4, -0.2) is 17.0 Å². The maximum atomic E-state index is 12.4. The minimum atomic E-state index is -0.563. The zero-order valence-corrected chi connectivity index (χ0v) is 13.8. The maximum absolute atomic E-state index is 12.4. The van der Waals surface area contributed by atoms with E-state index in [2.05, 4.69) is 5.32 Å². The number of nitrogens with zero attached hydrogens (tertiary/aromatic N) is 1. The Bertz CT molecular complexity index is 708. The van der Waals surface area contributed by atoms with Crippen molar-refractivity contribution < 1.29 is 9.21 Å². The number of fused-ring (bicyclic) bond motifs is 1. The van der Waals surface area contributed by atoms with Crippen LogP contribution in [0.2, 0.25) is 0 Å². The van der Waals surface area contributed by atoms with Gasteiger partial charge in [-0.1, -0.05) is 13.8 Å². The Morgan fingerprint density at radius 2 is 2.00 bits per heavy atom. The summed E-state index contributed by atoms with van der Waals surface area (Å²) in [5.41, 5.74) is 6.95. The first-order chi connectivity index (χ1) is 9.97. The molecule has 0 fully saturated rings. The second-order valence-electron chi connectivity index (χ2n) is 5.26. The molecule has 3 N–H and O–H groups in total. The van der Waals surface area contributed by atoms with Gasteiger partial charge in [-0.05, 0) is 25.0 Å². The van der Waals surface area contributed by atoms with Crippen LogP contribution in [0.4, 0.5) is 5.69 Å². The van der Waals surface area contributed by atoms with Gasteiger partial charge in [-0.3, -0.25) is 9.36 Å². The number of aryl methyl sites for hydroxylation is 1. The maximum Gasteiger partial charge on any atom is 0.419 e. The predicted molar refractivity (Wildman–Crippen MR) is 89.4 cm³/mol. The third kappa shape index (κ3) is 3.03. The number of carbonyl (C=O) groups is 1. The number of halogens is 1. The molecule has 1 aromatic heterocycles. The molecule has 0 atom stereocenters. The molecule has 1 aromatic carbocycles. The van der Waals surface area contributed by atoms with Crippen LogP contribution in [-0.2, 0) is 11.8 Å².